The van der Waals surface area contributed by atoms with Crippen LogP contribution in [0.3, 0.4) is 0 Å². The Balaban J connectivity index is 2.44. The number of fused-ring (bicyclic) bond motifs is 1. The first-order valence-corrected chi connectivity index (χ1v) is 9.75. The van der Waals surface area contributed by atoms with Crippen LogP contribution in [-0.4, -0.2) is 25.0 Å². The number of rotatable bonds is 3. The first-order valence-electron chi connectivity index (χ1n) is 7.11. The average molecular weight is 437 g/mol. The third-order valence-electron chi connectivity index (χ3n) is 3.52. The Labute approximate surface area is 148 Å². The van der Waals surface area contributed by atoms with Gasteiger partial charge in [0.1, 0.15) is 33.3 Å². The quantitative estimate of drug-likeness (QED) is 0.308. The van der Waals surface area contributed by atoms with Gasteiger partial charge in [-0.3, -0.25) is 0 Å². The molecule has 0 saturated carbocycles. The fourth-order valence-corrected chi connectivity index (χ4v) is 3.26. The van der Waals surface area contributed by atoms with Crippen LogP contribution in [0.1, 0.15) is 45.7 Å². The summed E-state index contributed by atoms with van der Waals surface area (Å²) in [6.45, 7) is 9.39. The molecule has 6 heteroatoms. The summed E-state index contributed by atoms with van der Waals surface area (Å²) in [7, 11) is 0. The van der Waals surface area contributed by atoms with Crippen molar-refractivity contribution < 1.29 is 13.7 Å². The molecule has 0 saturated heterocycles. The van der Waals surface area contributed by atoms with Gasteiger partial charge in [0.2, 0.25) is 0 Å². The van der Waals surface area contributed by atoms with Crippen LogP contribution >= 0.6 is 22.6 Å². The first-order chi connectivity index (χ1) is 10.1. The average Bonchev–Trinajstić information content (AvgIpc) is 2.77. The molecule has 1 aromatic carbocycles. The molecule has 0 fully saturated rings. The maximum atomic E-state index is 14.1. The number of halogens is 2. The summed E-state index contributed by atoms with van der Waals surface area (Å²) in [5.41, 5.74) is 1.53. The molecule has 0 aliphatic carbocycles. The molecule has 1 aliphatic rings. The largest absolute Gasteiger partial charge is 0.591 e. The summed E-state index contributed by atoms with van der Waals surface area (Å²) in [5.74, 6) is 0.295. The third-order valence-corrected chi connectivity index (χ3v) is 6.62. The molecule has 1 aromatic rings. The molecule has 0 unspecified atom stereocenters. The lowest BCUT2D eigenvalue weighted by Gasteiger charge is -2.21. The highest BCUT2D eigenvalue weighted by Crippen LogP contribution is 2.40. The first kappa shape index (κ1) is 18.0. The van der Waals surface area contributed by atoms with Gasteiger partial charge in [-0.2, -0.15) is 0 Å². The molecule has 2 atom stereocenters. The number of benzene rings is 1. The minimum absolute atomic E-state index is 0.253. The van der Waals surface area contributed by atoms with Gasteiger partial charge in [-0.05, 0) is 46.8 Å². The van der Waals surface area contributed by atoms with Crippen molar-refractivity contribution in [3.05, 3.63) is 29.1 Å². The van der Waals surface area contributed by atoms with Gasteiger partial charge in [0, 0.05) is 22.0 Å². The maximum absolute atomic E-state index is 14.1. The number of hydrogen-bond acceptors (Lipinski definition) is 3. The Morgan fingerprint density at radius 3 is 2.68 bits per heavy atom. The summed E-state index contributed by atoms with van der Waals surface area (Å²) in [6, 6.07) is 3.10. The summed E-state index contributed by atoms with van der Waals surface area (Å²) in [6.07, 6.45) is 0.542. The molecule has 0 spiro atoms. The molecule has 0 amide bonds. The third kappa shape index (κ3) is 3.59. The monoisotopic (exact) mass is 437 g/mol. The zero-order chi connectivity index (χ0) is 16.7. The van der Waals surface area contributed by atoms with E-state index in [-0.39, 0.29) is 5.82 Å². The van der Waals surface area contributed by atoms with Crippen LogP contribution < -0.4 is 4.74 Å². The number of nitrogens with zero attached hydrogens (tertiary/aromatic N) is 1. The Morgan fingerprint density at radius 1 is 1.50 bits per heavy atom. The Bertz CT molecular complexity index is 615. The maximum Gasteiger partial charge on any atom is 0.144 e. The van der Waals surface area contributed by atoms with Gasteiger partial charge in [0.05, 0.1) is 5.71 Å². The number of alkyl halides is 1. The van der Waals surface area contributed by atoms with Gasteiger partial charge in [-0.25, -0.2) is 4.39 Å². The normalized spacial score (nSPS) is 23.2. The van der Waals surface area contributed by atoms with Gasteiger partial charge in [-0.15, -0.1) is 0 Å². The van der Waals surface area contributed by atoms with Gasteiger partial charge < -0.3 is 9.29 Å². The molecule has 0 bridgehead atoms. The molecule has 0 N–H and O–H groups in total. The molecular formula is C16H21FINO2S. The zero-order valence-electron chi connectivity index (χ0n) is 13.5. The summed E-state index contributed by atoms with van der Waals surface area (Å²) in [5, 5.41) is 0. The topological polar surface area (TPSA) is 44.7 Å². The van der Waals surface area contributed by atoms with E-state index >= 15 is 0 Å². The van der Waals surface area contributed by atoms with E-state index in [1.807, 2.05) is 27.7 Å². The van der Waals surface area contributed by atoms with Crippen LogP contribution in [0.5, 0.6) is 5.75 Å². The molecule has 0 aromatic heterocycles. The minimum Gasteiger partial charge on any atom is -0.591 e. The second-order valence-corrected chi connectivity index (χ2v) is 9.47. The minimum atomic E-state index is -1.35. The highest BCUT2D eigenvalue weighted by Gasteiger charge is 2.38. The highest BCUT2D eigenvalue weighted by atomic mass is 127. The van der Waals surface area contributed by atoms with Crippen molar-refractivity contribution >= 4 is 39.7 Å². The van der Waals surface area contributed by atoms with Gasteiger partial charge in [-0.1, -0.05) is 27.0 Å². The summed E-state index contributed by atoms with van der Waals surface area (Å²) < 4.78 is 36.9. The molecule has 1 heterocycles. The van der Waals surface area contributed by atoms with Crippen LogP contribution in [0.25, 0.3) is 0 Å². The predicted molar refractivity (Wildman–Crippen MR) is 98.1 cm³/mol. The van der Waals surface area contributed by atoms with Gasteiger partial charge >= 0.3 is 0 Å². The van der Waals surface area contributed by atoms with Crippen LogP contribution in [-0.2, 0) is 17.8 Å². The summed E-state index contributed by atoms with van der Waals surface area (Å²) in [4.78, 5) is 0. The number of ether oxygens (including phenoxy) is 1. The zero-order valence-corrected chi connectivity index (χ0v) is 16.5. The fraction of sp³-hybridized carbons (Fsp3) is 0.562. The fourth-order valence-electron chi connectivity index (χ4n) is 2.21. The van der Waals surface area contributed by atoms with E-state index in [1.165, 1.54) is 6.07 Å². The molecule has 22 heavy (non-hydrogen) atoms. The smallest absolute Gasteiger partial charge is 0.144 e. The predicted octanol–water partition coefficient (Wildman–Crippen LogP) is 4.23. The van der Waals surface area contributed by atoms with Crippen LogP contribution in [0.4, 0.5) is 4.39 Å². The van der Waals surface area contributed by atoms with E-state index in [0.29, 0.717) is 23.4 Å². The lowest BCUT2D eigenvalue weighted by molar-refractivity contribution is 0.147. The van der Waals surface area contributed by atoms with E-state index < -0.39 is 21.7 Å². The van der Waals surface area contributed by atoms with Crippen molar-refractivity contribution in [2.75, 3.05) is 4.43 Å². The van der Waals surface area contributed by atoms with E-state index in [4.69, 9.17) is 4.74 Å². The Morgan fingerprint density at radius 2 is 2.14 bits per heavy atom. The molecule has 1 aliphatic heterocycles. The van der Waals surface area contributed by atoms with E-state index in [2.05, 4.69) is 27.0 Å². The van der Waals surface area contributed by atoms with Crippen molar-refractivity contribution in [2.45, 2.75) is 51.4 Å². The van der Waals surface area contributed by atoms with Crippen LogP contribution in [0.15, 0.2) is 16.5 Å². The lowest BCUT2D eigenvalue weighted by Crippen LogP contribution is -2.32. The van der Waals surface area contributed by atoms with Crippen molar-refractivity contribution in [3.63, 3.8) is 0 Å². The van der Waals surface area contributed by atoms with Crippen molar-refractivity contribution in [1.29, 1.82) is 0 Å². The SMILES string of the molecule is C/C(=N\[S@+]([O-])C(C)(C)C)c1ccc(F)c2c1O[C@@](C)(CI)C2. The second kappa shape index (κ2) is 6.28. The van der Waals surface area contributed by atoms with E-state index in [1.54, 1.807) is 13.0 Å². The van der Waals surface area contributed by atoms with E-state index in [9.17, 15) is 8.94 Å². The van der Waals surface area contributed by atoms with E-state index in [0.717, 1.165) is 9.99 Å². The van der Waals surface area contributed by atoms with Crippen LogP contribution in [0, 0.1) is 5.82 Å². The van der Waals surface area contributed by atoms with Crippen molar-refractivity contribution in [1.82, 2.24) is 0 Å². The lowest BCUT2D eigenvalue weighted by atomic mass is 9.99. The molecule has 122 valence electrons. The Kier molecular flexibility index (Phi) is 5.14. The molecule has 0 radical (unpaired) electrons. The Hall–Kier alpha value is -0.340. The highest BCUT2D eigenvalue weighted by molar-refractivity contribution is 14.1. The molecular weight excluding hydrogens is 416 g/mol. The van der Waals surface area contributed by atoms with Crippen molar-refractivity contribution in [3.8, 4) is 5.75 Å². The summed E-state index contributed by atoms with van der Waals surface area (Å²) >= 11 is 0.896. The van der Waals surface area contributed by atoms with Gasteiger partial charge in [0.25, 0.3) is 0 Å². The second-order valence-electron chi connectivity index (χ2n) is 6.80. The molecule has 2 rings (SSSR count). The number of hydrogen-bond donors (Lipinski definition) is 0. The van der Waals surface area contributed by atoms with Crippen LogP contribution in [0.2, 0.25) is 0 Å². The van der Waals surface area contributed by atoms with Gasteiger partial charge in [0.15, 0.2) is 0 Å². The van der Waals surface area contributed by atoms with Crippen molar-refractivity contribution in [2.24, 2.45) is 4.40 Å². The standard InChI is InChI=1S/C16H21FINO2S/c1-10(19-22(20)15(2,3)4)11-6-7-13(17)12-8-16(5,9-18)21-14(11)12/h6-7H,8-9H2,1-5H3/b19-10+/t16-,22-/m1/s1. The molecule has 3 nitrogen and oxygen atoms in total.